The van der Waals surface area contributed by atoms with Crippen LogP contribution in [0.25, 0.3) is 0 Å². The molecular formula is C12H19N3O2. The smallest absolute Gasteiger partial charge is 0.321 e. The highest BCUT2D eigenvalue weighted by Crippen LogP contribution is 2.10. The van der Waals surface area contributed by atoms with Crippen molar-refractivity contribution in [2.24, 2.45) is 5.73 Å². The molecule has 0 unspecified atom stereocenters. The summed E-state index contributed by atoms with van der Waals surface area (Å²) in [4.78, 5) is 13.3. The Labute approximate surface area is 102 Å². The first-order valence-electron chi connectivity index (χ1n) is 5.47. The summed E-state index contributed by atoms with van der Waals surface area (Å²) in [5.74, 6) is 0. The van der Waals surface area contributed by atoms with E-state index in [1.165, 1.54) is 0 Å². The second-order valence-electron chi connectivity index (χ2n) is 3.75. The maximum Gasteiger partial charge on any atom is 0.321 e. The third-order valence-corrected chi connectivity index (χ3v) is 2.39. The second-order valence-corrected chi connectivity index (χ2v) is 3.75. The third-order valence-electron chi connectivity index (χ3n) is 2.39. The van der Waals surface area contributed by atoms with E-state index in [2.05, 4.69) is 5.32 Å². The van der Waals surface area contributed by atoms with Crippen LogP contribution in [-0.4, -0.2) is 38.2 Å². The van der Waals surface area contributed by atoms with Crippen molar-refractivity contribution in [1.82, 2.24) is 4.90 Å². The highest BCUT2D eigenvalue weighted by Gasteiger charge is 2.07. The molecule has 1 rings (SSSR count). The Morgan fingerprint density at radius 1 is 1.53 bits per heavy atom. The summed E-state index contributed by atoms with van der Waals surface area (Å²) in [6.07, 6.45) is 0. The quantitative estimate of drug-likeness (QED) is 0.810. The molecule has 0 aliphatic carbocycles. The van der Waals surface area contributed by atoms with Crippen molar-refractivity contribution in [2.75, 3.05) is 32.6 Å². The molecule has 0 atom stereocenters. The third kappa shape index (κ3) is 4.42. The zero-order valence-corrected chi connectivity index (χ0v) is 10.3. The van der Waals surface area contributed by atoms with Gasteiger partial charge in [0.25, 0.3) is 0 Å². The molecule has 0 aliphatic rings. The number of carbonyl (C=O) groups is 1. The molecule has 5 heteroatoms. The largest absolute Gasteiger partial charge is 0.383 e. The highest BCUT2D eigenvalue weighted by atomic mass is 16.5. The molecule has 0 aromatic heterocycles. The number of hydrogen-bond donors (Lipinski definition) is 2. The van der Waals surface area contributed by atoms with E-state index in [-0.39, 0.29) is 6.03 Å². The Bertz CT molecular complexity index is 369. The molecule has 2 amide bonds. The molecule has 0 bridgehead atoms. The first kappa shape index (κ1) is 13.5. The lowest BCUT2D eigenvalue weighted by molar-refractivity contribution is 0.165. The van der Waals surface area contributed by atoms with E-state index in [1.54, 1.807) is 19.1 Å². The fraction of sp³-hybridized carbons (Fsp3) is 0.417. The lowest BCUT2D eigenvalue weighted by atomic mass is 10.2. The number of methoxy groups -OCH3 is 1. The zero-order valence-electron chi connectivity index (χ0n) is 10.3. The molecule has 3 N–H and O–H groups in total. The van der Waals surface area contributed by atoms with Crippen LogP contribution in [0.2, 0.25) is 0 Å². The normalized spacial score (nSPS) is 10.1. The van der Waals surface area contributed by atoms with Gasteiger partial charge in [0.1, 0.15) is 0 Å². The molecule has 1 aromatic carbocycles. The molecule has 0 radical (unpaired) electrons. The second kappa shape index (κ2) is 6.88. The van der Waals surface area contributed by atoms with Crippen LogP contribution in [-0.2, 0) is 11.3 Å². The molecule has 0 fully saturated rings. The molecule has 1 aromatic rings. The van der Waals surface area contributed by atoms with E-state index in [0.717, 1.165) is 11.3 Å². The van der Waals surface area contributed by atoms with Crippen LogP contribution in [0.15, 0.2) is 24.3 Å². The summed E-state index contributed by atoms with van der Waals surface area (Å²) >= 11 is 0. The molecule has 0 aliphatic heterocycles. The fourth-order valence-electron chi connectivity index (χ4n) is 1.32. The van der Waals surface area contributed by atoms with Crippen LogP contribution in [0.5, 0.6) is 0 Å². The maximum atomic E-state index is 11.7. The van der Waals surface area contributed by atoms with Crippen molar-refractivity contribution in [3.8, 4) is 0 Å². The number of carbonyl (C=O) groups excluding carboxylic acids is 1. The lowest BCUT2D eigenvalue weighted by Crippen LogP contribution is -2.33. The minimum Gasteiger partial charge on any atom is -0.383 e. The van der Waals surface area contributed by atoms with Crippen LogP contribution in [0, 0.1) is 0 Å². The van der Waals surface area contributed by atoms with Crippen molar-refractivity contribution in [2.45, 2.75) is 6.54 Å². The van der Waals surface area contributed by atoms with Crippen LogP contribution >= 0.6 is 0 Å². The zero-order chi connectivity index (χ0) is 12.7. The summed E-state index contributed by atoms with van der Waals surface area (Å²) in [6.45, 7) is 1.54. The number of urea groups is 1. The summed E-state index contributed by atoms with van der Waals surface area (Å²) in [5.41, 5.74) is 7.28. The number of rotatable bonds is 5. The van der Waals surface area contributed by atoms with Crippen LogP contribution in [0.1, 0.15) is 5.56 Å². The van der Waals surface area contributed by atoms with E-state index >= 15 is 0 Å². The Hall–Kier alpha value is -1.59. The van der Waals surface area contributed by atoms with E-state index < -0.39 is 0 Å². The van der Waals surface area contributed by atoms with Gasteiger partial charge in [-0.25, -0.2) is 4.79 Å². The van der Waals surface area contributed by atoms with Crippen molar-refractivity contribution in [1.29, 1.82) is 0 Å². The number of anilines is 1. The van der Waals surface area contributed by atoms with Gasteiger partial charge in [0.05, 0.1) is 6.61 Å². The van der Waals surface area contributed by atoms with Crippen molar-refractivity contribution in [3.05, 3.63) is 29.8 Å². The van der Waals surface area contributed by atoms with E-state index in [0.29, 0.717) is 19.7 Å². The Morgan fingerprint density at radius 3 is 2.94 bits per heavy atom. The molecule has 17 heavy (non-hydrogen) atoms. The number of nitrogens with two attached hydrogens (primary N) is 1. The van der Waals surface area contributed by atoms with Gasteiger partial charge in [-0.3, -0.25) is 0 Å². The minimum atomic E-state index is -0.156. The van der Waals surface area contributed by atoms with Gasteiger partial charge in [-0.1, -0.05) is 12.1 Å². The summed E-state index contributed by atoms with van der Waals surface area (Å²) < 4.78 is 4.91. The maximum absolute atomic E-state index is 11.7. The number of likely N-dealkylation sites (N-methyl/N-ethyl adjacent to an activating group) is 1. The van der Waals surface area contributed by atoms with E-state index in [4.69, 9.17) is 10.5 Å². The molecule has 0 spiro atoms. The highest BCUT2D eigenvalue weighted by molar-refractivity contribution is 5.89. The van der Waals surface area contributed by atoms with Gasteiger partial charge < -0.3 is 20.7 Å². The number of hydrogen-bond acceptors (Lipinski definition) is 3. The van der Waals surface area contributed by atoms with Gasteiger partial charge in [0.2, 0.25) is 0 Å². The van der Waals surface area contributed by atoms with Crippen molar-refractivity contribution in [3.63, 3.8) is 0 Å². The molecule has 0 saturated heterocycles. The average Bonchev–Trinajstić information content (AvgIpc) is 2.36. The van der Waals surface area contributed by atoms with Crippen LogP contribution in [0.4, 0.5) is 10.5 Å². The van der Waals surface area contributed by atoms with Crippen LogP contribution in [0.3, 0.4) is 0 Å². The number of ether oxygens (including phenoxy) is 1. The first-order chi connectivity index (χ1) is 8.17. The standard InChI is InChI=1S/C12H19N3O2/c1-15(6-7-17-2)12(16)14-11-5-3-4-10(8-11)9-13/h3-5,8H,6-7,9,13H2,1-2H3,(H,14,16). The van der Waals surface area contributed by atoms with Gasteiger partial charge >= 0.3 is 6.03 Å². The number of amides is 2. The Morgan fingerprint density at radius 2 is 2.29 bits per heavy atom. The summed E-state index contributed by atoms with van der Waals surface area (Å²) in [5, 5.41) is 2.80. The molecule has 94 valence electrons. The van der Waals surface area contributed by atoms with E-state index in [1.807, 2.05) is 24.3 Å². The number of nitrogens with zero attached hydrogens (tertiary/aromatic N) is 1. The number of benzene rings is 1. The summed E-state index contributed by atoms with van der Waals surface area (Å²) in [6, 6.07) is 7.33. The van der Waals surface area contributed by atoms with Gasteiger partial charge in [0.15, 0.2) is 0 Å². The minimum absolute atomic E-state index is 0.156. The first-order valence-corrected chi connectivity index (χ1v) is 5.47. The van der Waals surface area contributed by atoms with Crippen molar-refractivity contribution < 1.29 is 9.53 Å². The van der Waals surface area contributed by atoms with Gasteiger partial charge in [-0.05, 0) is 17.7 Å². The monoisotopic (exact) mass is 237 g/mol. The topological polar surface area (TPSA) is 67.6 Å². The van der Waals surface area contributed by atoms with Gasteiger partial charge in [0, 0.05) is 32.9 Å². The van der Waals surface area contributed by atoms with Crippen LogP contribution < -0.4 is 11.1 Å². The SMILES string of the molecule is COCCN(C)C(=O)Nc1cccc(CN)c1. The van der Waals surface area contributed by atoms with E-state index in [9.17, 15) is 4.79 Å². The average molecular weight is 237 g/mol. The molecular weight excluding hydrogens is 218 g/mol. The lowest BCUT2D eigenvalue weighted by Gasteiger charge is -2.17. The van der Waals surface area contributed by atoms with Gasteiger partial charge in [-0.15, -0.1) is 0 Å². The molecule has 5 nitrogen and oxygen atoms in total. The molecule has 0 heterocycles. The van der Waals surface area contributed by atoms with Crippen molar-refractivity contribution >= 4 is 11.7 Å². The Kier molecular flexibility index (Phi) is 5.45. The number of nitrogens with one attached hydrogen (secondary N) is 1. The van der Waals surface area contributed by atoms with Gasteiger partial charge in [-0.2, -0.15) is 0 Å². The predicted octanol–water partition coefficient (Wildman–Crippen LogP) is 1.26. The summed E-state index contributed by atoms with van der Waals surface area (Å²) in [7, 11) is 3.33. The Balaban J connectivity index is 2.54. The predicted molar refractivity (Wildman–Crippen MR) is 67.9 cm³/mol. The fourth-order valence-corrected chi connectivity index (χ4v) is 1.32. The molecule has 0 saturated carbocycles.